The number of thiazole rings is 1. The van der Waals surface area contributed by atoms with Crippen molar-refractivity contribution >= 4 is 44.0 Å². The number of hydrogen-bond donors (Lipinski definition) is 1. The molecule has 2 aromatic heterocycles. The topological polar surface area (TPSA) is 57.2 Å². The Labute approximate surface area is 136 Å². The van der Waals surface area contributed by atoms with Crippen LogP contribution in [0.5, 0.6) is 0 Å². The lowest BCUT2D eigenvalue weighted by Crippen LogP contribution is -2.47. The third kappa shape index (κ3) is 3.11. The van der Waals surface area contributed by atoms with Gasteiger partial charge in [-0.3, -0.25) is 0 Å². The number of rotatable bonds is 4. The summed E-state index contributed by atoms with van der Waals surface area (Å²) in [6.45, 7) is 6.68. The summed E-state index contributed by atoms with van der Waals surface area (Å²) in [7, 11) is 0. The Hall–Kier alpha value is -1.41. The lowest BCUT2D eigenvalue weighted by atomic mass is 10.3. The molecule has 1 saturated heterocycles. The number of nitrogens with one attached hydrogen (secondary N) is 1. The summed E-state index contributed by atoms with van der Waals surface area (Å²) in [6.07, 6.45) is 3.47. The minimum absolute atomic E-state index is 0.840. The summed E-state index contributed by atoms with van der Waals surface area (Å²) in [5.41, 5.74) is 0. The number of halogens is 1. The van der Waals surface area contributed by atoms with Crippen LogP contribution >= 0.6 is 27.3 Å². The summed E-state index contributed by atoms with van der Waals surface area (Å²) < 4.78 is 0.939. The molecule has 6 nitrogen and oxygen atoms in total. The van der Waals surface area contributed by atoms with E-state index in [0.29, 0.717) is 0 Å². The quantitative estimate of drug-likeness (QED) is 0.894. The van der Waals surface area contributed by atoms with E-state index in [9.17, 15) is 0 Å². The number of hydrogen-bond acceptors (Lipinski definition) is 7. The van der Waals surface area contributed by atoms with Gasteiger partial charge in [-0.15, -0.1) is 11.3 Å². The highest BCUT2D eigenvalue weighted by Crippen LogP contribution is 2.30. The van der Waals surface area contributed by atoms with Crippen molar-refractivity contribution in [2.45, 2.75) is 6.92 Å². The highest BCUT2D eigenvalue weighted by Gasteiger charge is 2.22. The molecule has 0 aliphatic carbocycles. The van der Waals surface area contributed by atoms with Gasteiger partial charge in [0, 0.05) is 44.3 Å². The molecule has 8 heteroatoms. The Balaban J connectivity index is 1.71. The monoisotopic (exact) mass is 368 g/mol. The molecular formula is C13H17BrN6S. The third-order valence-corrected chi connectivity index (χ3v) is 4.95. The van der Waals surface area contributed by atoms with E-state index in [1.807, 2.05) is 11.6 Å². The molecule has 0 spiro atoms. The Kier molecular flexibility index (Phi) is 4.54. The molecule has 1 fully saturated rings. The lowest BCUT2D eigenvalue weighted by molar-refractivity contribution is 0.644. The third-order valence-electron chi connectivity index (χ3n) is 3.38. The molecule has 0 unspecified atom stereocenters. The van der Waals surface area contributed by atoms with E-state index in [-0.39, 0.29) is 0 Å². The zero-order chi connectivity index (χ0) is 14.7. The van der Waals surface area contributed by atoms with Crippen LogP contribution in [0.25, 0.3) is 0 Å². The van der Waals surface area contributed by atoms with Gasteiger partial charge in [0.2, 0.25) is 0 Å². The van der Waals surface area contributed by atoms with Gasteiger partial charge in [-0.05, 0) is 22.9 Å². The van der Waals surface area contributed by atoms with Crippen molar-refractivity contribution in [3.8, 4) is 0 Å². The van der Waals surface area contributed by atoms with Crippen LogP contribution in [0, 0.1) is 0 Å². The van der Waals surface area contributed by atoms with E-state index in [4.69, 9.17) is 0 Å². The van der Waals surface area contributed by atoms with E-state index >= 15 is 0 Å². The summed E-state index contributed by atoms with van der Waals surface area (Å²) in [5, 5.41) is 6.36. The zero-order valence-corrected chi connectivity index (χ0v) is 14.2. The smallest absolute Gasteiger partial charge is 0.185 e. The predicted molar refractivity (Wildman–Crippen MR) is 90.4 cm³/mol. The maximum absolute atomic E-state index is 4.43. The minimum atomic E-state index is 0.840. The first-order valence-corrected chi connectivity index (χ1v) is 8.60. The van der Waals surface area contributed by atoms with E-state index in [2.05, 4.69) is 52.9 Å². The molecule has 1 N–H and O–H groups in total. The van der Waals surface area contributed by atoms with Gasteiger partial charge in [0.05, 0.1) is 0 Å². The summed E-state index contributed by atoms with van der Waals surface area (Å²) >= 11 is 5.31. The summed E-state index contributed by atoms with van der Waals surface area (Å²) in [6, 6.07) is 0. The van der Waals surface area contributed by atoms with Crippen LogP contribution in [-0.4, -0.2) is 47.7 Å². The fourth-order valence-electron chi connectivity index (χ4n) is 2.35. The summed E-state index contributed by atoms with van der Waals surface area (Å²) in [5.74, 6) is 1.81. The summed E-state index contributed by atoms with van der Waals surface area (Å²) in [4.78, 5) is 17.7. The second-order valence-electron chi connectivity index (χ2n) is 4.68. The second-order valence-corrected chi connectivity index (χ2v) is 6.34. The van der Waals surface area contributed by atoms with E-state index in [0.717, 1.165) is 54.0 Å². The molecule has 0 amide bonds. The van der Waals surface area contributed by atoms with Crippen LogP contribution in [0.3, 0.4) is 0 Å². The van der Waals surface area contributed by atoms with Crippen molar-refractivity contribution in [3.05, 3.63) is 22.4 Å². The SMILES string of the molecule is CCNc1ncnc(N2CCN(c3nccs3)CC2)c1Br. The Morgan fingerprint density at radius 1 is 1.19 bits per heavy atom. The molecule has 3 heterocycles. The van der Waals surface area contributed by atoms with Gasteiger partial charge in [0.15, 0.2) is 5.13 Å². The van der Waals surface area contributed by atoms with Gasteiger partial charge < -0.3 is 15.1 Å². The van der Waals surface area contributed by atoms with Gasteiger partial charge in [-0.25, -0.2) is 15.0 Å². The number of piperazine rings is 1. The molecule has 0 atom stereocenters. The molecule has 2 aromatic rings. The first kappa shape index (κ1) is 14.5. The Morgan fingerprint density at radius 3 is 2.62 bits per heavy atom. The normalized spacial score (nSPS) is 15.3. The molecule has 112 valence electrons. The zero-order valence-electron chi connectivity index (χ0n) is 11.8. The molecule has 1 aliphatic heterocycles. The maximum atomic E-state index is 4.43. The molecule has 0 bridgehead atoms. The van der Waals surface area contributed by atoms with Gasteiger partial charge in [0.25, 0.3) is 0 Å². The predicted octanol–water partition coefficient (Wildman–Crippen LogP) is 2.45. The molecule has 0 aromatic carbocycles. The molecule has 3 rings (SSSR count). The molecule has 0 saturated carbocycles. The van der Waals surface area contributed by atoms with E-state index < -0.39 is 0 Å². The average Bonchev–Trinajstić information content (AvgIpc) is 3.04. The number of aromatic nitrogens is 3. The van der Waals surface area contributed by atoms with Crippen molar-refractivity contribution in [1.29, 1.82) is 0 Å². The van der Waals surface area contributed by atoms with Crippen molar-refractivity contribution in [3.63, 3.8) is 0 Å². The molecule has 21 heavy (non-hydrogen) atoms. The highest BCUT2D eigenvalue weighted by atomic mass is 79.9. The van der Waals surface area contributed by atoms with E-state index in [1.165, 1.54) is 0 Å². The van der Waals surface area contributed by atoms with Crippen molar-refractivity contribution in [2.24, 2.45) is 0 Å². The van der Waals surface area contributed by atoms with Gasteiger partial charge in [-0.1, -0.05) is 0 Å². The Morgan fingerprint density at radius 2 is 1.95 bits per heavy atom. The maximum Gasteiger partial charge on any atom is 0.185 e. The van der Waals surface area contributed by atoms with Gasteiger partial charge in [0.1, 0.15) is 22.4 Å². The number of nitrogens with zero attached hydrogens (tertiary/aromatic N) is 5. The van der Waals surface area contributed by atoms with Crippen molar-refractivity contribution in [1.82, 2.24) is 15.0 Å². The largest absolute Gasteiger partial charge is 0.369 e. The van der Waals surface area contributed by atoms with Crippen LogP contribution in [-0.2, 0) is 0 Å². The van der Waals surface area contributed by atoms with Crippen molar-refractivity contribution in [2.75, 3.05) is 47.8 Å². The Bertz CT molecular complexity index is 582. The van der Waals surface area contributed by atoms with Crippen LogP contribution in [0.15, 0.2) is 22.4 Å². The average molecular weight is 369 g/mol. The first-order valence-electron chi connectivity index (χ1n) is 6.93. The first-order chi connectivity index (χ1) is 10.3. The standard InChI is InChI=1S/C13H17BrN6S/c1-2-15-11-10(14)12(18-9-17-11)19-4-6-20(7-5-19)13-16-3-8-21-13/h3,8-9H,2,4-7H2,1H3,(H,15,17,18). The second kappa shape index (κ2) is 6.57. The van der Waals surface area contributed by atoms with Gasteiger partial charge in [-0.2, -0.15) is 0 Å². The minimum Gasteiger partial charge on any atom is -0.369 e. The molecular weight excluding hydrogens is 352 g/mol. The van der Waals surface area contributed by atoms with E-state index in [1.54, 1.807) is 17.7 Å². The van der Waals surface area contributed by atoms with Crippen molar-refractivity contribution < 1.29 is 0 Å². The fourth-order valence-corrected chi connectivity index (χ4v) is 3.65. The number of anilines is 3. The van der Waals surface area contributed by atoms with Crippen LogP contribution < -0.4 is 15.1 Å². The van der Waals surface area contributed by atoms with Crippen LogP contribution in [0.1, 0.15) is 6.92 Å². The van der Waals surface area contributed by atoms with Crippen LogP contribution in [0.2, 0.25) is 0 Å². The lowest BCUT2D eigenvalue weighted by Gasteiger charge is -2.35. The molecule has 0 radical (unpaired) electrons. The molecule has 1 aliphatic rings. The van der Waals surface area contributed by atoms with Crippen LogP contribution in [0.4, 0.5) is 16.8 Å². The fraction of sp³-hybridized carbons (Fsp3) is 0.462. The van der Waals surface area contributed by atoms with Gasteiger partial charge >= 0.3 is 0 Å². The highest BCUT2D eigenvalue weighted by molar-refractivity contribution is 9.10.